The molecule has 3 heteroatoms. The summed E-state index contributed by atoms with van der Waals surface area (Å²) >= 11 is 0. The van der Waals surface area contributed by atoms with E-state index >= 15 is 0 Å². The summed E-state index contributed by atoms with van der Waals surface area (Å²) in [7, 11) is 4.39. The number of rotatable bonds is 9. The topological polar surface area (TPSA) is 18.5 Å². The summed E-state index contributed by atoms with van der Waals surface area (Å²) < 4.78 is 0. The largest absolute Gasteiger partial charge is 0.312 e. The number of piperidine rings is 1. The predicted octanol–water partition coefficient (Wildman–Crippen LogP) is 3.21. The number of nitrogens with zero attached hydrogens (tertiary/aromatic N) is 2. The van der Waals surface area contributed by atoms with E-state index in [1.54, 1.807) is 0 Å². The van der Waals surface area contributed by atoms with Crippen LogP contribution in [0.2, 0.25) is 0 Å². The van der Waals surface area contributed by atoms with E-state index in [1.165, 1.54) is 71.2 Å². The van der Waals surface area contributed by atoms with Crippen LogP contribution in [0.5, 0.6) is 0 Å². The molecule has 0 amide bonds. The minimum Gasteiger partial charge on any atom is -0.312 e. The van der Waals surface area contributed by atoms with Gasteiger partial charge in [0.1, 0.15) is 0 Å². The van der Waals surface area contributed by atoms with Crippen LogP contribution in [0.25, 0.3) is 0 Å². The lowest BCUT2D eigenvalue weighted by Crippen LogP contribution is -2.37. The van der Waals surface area contributed by atoms with Crippen molar-refractivity contribution in [2.75, 3.05) is 46.8 Å². The Kier molecular flexibility index (Phi) is 8.84. The standard InChI is InChI=1S/C18H39N3/c1-18(2,3)19-12-8-6-7-9-13-21-14-10-17(11-15-21)16-20(4)5/h17,19H,6-16H2,1-5H3. The summed E-state index contributed by atoms with van der Waals surface area (Å²) in [6.45, 7) is 13.1. The molecule has 0 radical (unpaired) electrons. The van der Waals surface area contributed by atoms with Crippen molar-refractivity contribution in [2.24, 2.45) is 5.92 Å². The molecule has 0 aromatic heterocycles. The van der Waals surface area contributed by atoms with Crippen molar-refractivity contribution in [3.63, 3.8) is 0 Å². The Morgan fingerprint density at radius 3 is 2.19 bits per heavy atom. The third kappa shape index (κ3) is 10.3. The molecule has 0 bridgehead atoms. The van der Waals surface area contributed by atoms with Gasteiger partial charge in [-0.1, -0.05) is 12.8 Å². The highest BCUT2D eigenvalue weighted by molar-refractivity contribution is 4.74. The predicted molar refractivity (Wildman–Crippen MR) is 93.9 cm³/mol. The van der Waals surface area contributed by atoms with Gasteiger partial charge in [-0.05, 0) is 92.6 Å². The Morgan fingerprint density at radius 2 is 1.62 bits per heavy atom. The number of unbranched alkanes of at least 4 members (excludes halogenated alkanes) is 3. The highest BCUT2D eigenvalue weighted by atomic mass is 15.1. The van der Waals surface area contributed by atoms with Crippen molar-refractivity contribution < 1.29 is 0 Å². The zero-order valence-electron chi connectivity index (χ0n) is 15.2. The van der Waals surface area contributed by atoms with Crippen LogP contribution in [-0.2, 0) is 0 Å². The monoisotopic (exact) mass is 297 g/mol. The first kappa shape index (κ1) is 18.9. The molecule has 126 valence electrons. The first-order chi connectivity index (χ1) is 9.87. The van der Waals surface area contributed by atoms with Gasteiger partial charge in [0.15, 0.2) is 0 Å². The van der Waals surface area contributed by atoms with Crippen LogP contribution in [0, 0.1) is 5.92 Å². The Balaban J connectivity index is 1.93. The van der Waals surface area contributed by atoms with Gasteiger partial charge in [0, 0.05) is 12.1 Å². The normalized spacial score (nSPS) is 18.6. The highest BCUT2D eigenvalue weighted by Gasteiger charge is 2.18. The van der Waals surface area contributed by atoms with Crippen LogP contribution in [0.15, 0.2) is 0 Å². The van der Waals surface area contributed by atoms with Gasteiger partial charge in [-0.2, -0.15) is 0 Å². The summed E-state index contributed by atoms with van der Waals surface area (Å²) in [5, 5.41) is 3.57. The number of likely N-dealkylation sites (tertiary alicyclic amines) is 1. The molecule has 21 heavy (non-hydrogen) atoms. The molecule has 0 aromatic carbocycles. The molecule has 1 saturated heterocycles. The summed E-state index contributed by atoms with van der Waals surface area (Å²) in [4.78, 5) is 5.02. The van der Waals surface area contributed by atoms with E-state index in [-0.39, 0.29) is 5.54 Å². The molecule has 1 aliphatic rings. The SMILES string of the molecule is CN(C)CC1CCN(CCCCCCNC(C)(C)C)CC1. The Bertz CT molecular complexity index is 250. The zero-order chi connectivity index (χ0) is 15.7. The minimum atomic E-state index is 0.275. The van der Waals surface area contributed by atoms with E-state index in [1.807, 2.05) is 0 Å². The minimum absolute atomic E-state index is 0.275. The Labute approximate surface area is 133 Å². The van der Waals surface area contributed by atoms with Gasteiger partial charge < -0.3 is 15.1 Å². The molecule has 0 unspecified atom stereocenters. The quantitative estimate of drug-likeness (QED) is 0.659. The summed E-state index contributed by atoms with van der Waals surface area (Å²) in [5.41, 5.74) is 0.275. The maximum absolute atomic E-state index is 3.57. The van der Waals surface area contributed by atoms with E-state index in [0.717, 1.165) is 5.92 Å². The van der Waals surface area contributed by atoms with Crippen molar-refractivity contribution in [3.05, 3.63) is 0 Å². The van der Waals surface area contributed by atoms with Crippen molar-refractivity contribution in [3.8, 4) is 0 Å². The Morgan fingerprint density at radius 1 is 1.00 bits per heavy atom. The number of hydrogen-bond acceptors (Lipinski definition) is 3. The molecule has 0 aromatic rings. The van der Waals surface area contributed by atoms with Crippen LogP contribution in [-0.4, -0.2) is 62.2 Å². The van der Waals surface area contributed by atoms with Gasteiger partial charge in [0.2, 0.25) is 0 Å². The summed E-state index contributed by atoms with van der Waals surface area (Å²) in [5.74, 6) is 0.930. The molecule has 0 saturated carbocycles. The average Bonchev–Trinajstić information content (AvgIpc) is 2.37. The van der Waals surface area contributed by atoms with E-state index in [4.69, 9.17) is 0 Å². The van der Waals surface area contributed by atoms with E-state index in [0.29, 0.717) is 0 Å². The Hall–Kier alpha value is -0.120. The lowest BCUT2D eigenvalue weighted by Gasteiger charge is -2.33. The molecule has 0 spiro atoms. The molecule has 1 heterocycles. The zero-order valence-corrected chi connectivity index (χ0v) is 15.2. The second kappa shape index (κ2) is 9.81. The molecule has 1 rings (SSSR count). The van der Waals surface area contributed by atoms with Crippen LogP contribution >= 0.6 is 0 Å². The van der Waals surface area contributed by atoms with Gasteiger partial charge in [-0.15, -0.1) is 0 Å². The molecular formula is C18H39N3. The summed E-state index contributed by atoms with van der Waals surface area (Å²) in [6.07, 6.45) is 8.26. The molecule has 1 N–H and O–H groups in total. The molecule has 3 nitrogen and oxygen atoms in total. The maximum atomic E-state index is 3.57. The second-order valence-electron chi connectivity index (χ2n) is 8.14. The van der Waals surface area contributed by atoms with Crippen LogP contribution in [0.3, 0.4) is 0 Å². The highest BCUT2D eigenvalue weighted by Crippen LogP contribution is 2.18. The van der Waals surface area contributed by atoms with Crippen LogP contribution < -0.4 is 5.32 Å². The smallest absolute Gasteiger partial charge is 0.00965 e. The van der Waals surface area contributed by atoms with Crippen molar-refractivity contribution in [1.29, 1.82) is 0 Å². The number of nitrogens with one attached hydrogen (secondary N) is 1. The van der Waals surface area contributed by atoms with Gasteiger partial charge in [-0.3, -0.25) is 0 Å². The lowest BCUT2D eigenvalue weighted by molar-refractivity contribution is 0.160. The maximum Gasteiger partial charge on any atom is 0.00965 e. The fourth-order valence-electron chi connectivity index (χ4n) is 3.19. The van der Waals surface area contributed by atoms with Gasteiger partial charge in [0.25, 0.3) is 0 Å². The molecule has 1 aliphatic heterocycles. The third-order valence-corrected chi connectivity index (χ3v) is 4.39. The van der Waals surface area contributed by atoms with E-state index in [2.05, 4.69) is 50.0 Å². The second-order valence-corrected chi connectivity index (χ2v) is 8.14. The van der Waals surface area contributed by atoms with Gasteiger partial charge in [-0.25, -0.2) is 0 Å². The van der Waals surface area contributed by atoms with Crippen LogP contribution in [0.4, 0.5) is 0 Å². The van der Waals surface area contributed by atoms with Crippen molar-refractivity contribution >= 4 is 0 Å². The fraction of sp³-hybridized carbons (Fsp3) is 1.00. The van der Waals surface area contributed by atoms with E-state index in [9.17, 15) is 0 Å². The first-order valence-corrected chi connectivity index (χ1v) is 8.99. The van der Waals surface area contributed by atoms with Crippen molar-refractivity contribution in [2.45, 2.75) is 64.8 Å². The molecule has 0 atom stereocenters. The fourth-order valence-corrected chi connectivity index (χ4v) is 3.19. The van der Waals surface area contributed by atoms with Crippen molar-refractivity contribution in [1.82, 2.24) is 15.1 Å². The number of hydrogen-bond donors (Lipinski definition) is 1. The van der Waals surface area contributed by atoms with E-state index < -0.39 is 0 Å². The molecular weight excluding hydrogens is 258 g/mol. The summed E-state index contributed by atoms with van der Waals surface area (Å²) in [6, 6.07) is 0. The van der Waals surface area contributed by atoms with Gasteiger partial charge in [0.05, 0.1) is 0 Å². The van der Waals surface area contributed by atoms with Crippen LogP contribution in [0.1, 0.15) is 59.3 Å². The first-order valence-electron chi connectivity index (χ1n) is 8.99. The lowest BCUT2D eigenvalue weighted by atomic mass is 9.96. The average molecular weight is 298 g/mol. The molecule has 1 fully saturated rings. The third-order valence-electron chi connectivity index (χ3n) is 4.39. The molecule has 0 aliphatic carbocycles. The van der Waals surface area contributed by atoms with Gasteiger partial charge >= 0.3 is 0 Å².